The molecule has 2 aromatic rings. The molecule has 0 bridgehead atoms. The number of anilines is 1. The molecule has 1 aromatic heterocycles. The molecule has 0 amide bonds. The van der Waals surface area contributed by atoms with Gasteiger partial charge in [0.15, 0.2) is 5.82 Å². The number of rotatable bonds is 2. The van der Waals surface area contributed by atoms with Gasteiger partial charge in [0.1, 0.15) is 10.8 Å². The number of nitrogens with zero attached hydrogens (tertiary/aromatic N) is 1. The zero-order chi connectivity index (χ0) is 11.7. The SMILES string of the molecule is COc1ccc(-c2cnoc2N)c(F)c1Cl. The van der Waals surface area contributed by atoms with E-state index in [-0.39, 0.29) is 22.2 Å². The summed E-state index contributed by atoms with van der Waals surface area (Å²) in [5.74, 6) is -0.311. The van der Waals surface area contributed by atoms with Gasteiger partial charge in [-0.2, -0.15) is 0 Å². The van der Waals surface area contributed by atoms with Crippen LogP contribution in [0.3, 0.4) is 0 Å². The average molecular weight is 243 g/mol. The Morgan fingerprint density at radius 3 is 2.75 bits per heavy atom. The molecule has 0 radical (unpaired) electrons. The largest absolute Gasteiger partial charge is 0.495 e. The van der Waals surface area contributed by atoms with Crippen molar-refractivity contribution in [1.29, 1.82) is 0 Å². The zero-order valence-corrected chi connectivity index (χ0v) is 9.08. The van der Waals surface area contributed by atoms with Gasteiger partial charge in [0.05, 0.1) is 18.9 Å². The summed E-state index contributed by atoms with van der Waals surface area (Å²) >= 11 is 5.78. The molecule has 0 spiro atoms. The van der Waals surface area contributed by atoms with Crippen molar-refractivity contribution in [2.75, 3.05) is 12.8 Å². The summed E-state index contributed by atoms with van der Waals surface area (Å²) in [6, 6.07) is 3.05. The van der Waals surface area contributed by atoms with E-state index in [1.807, 2.05) is 0 Å². The Hall–Kier alpha value is -1.75. The van der Waals surface area contributed by atoms with Gasteiger partial charge >= 0.3 is 0 Å². The molecule has 0 aliphatic carbocycles. The van der Waals surface area contributed by atoms with E-state index in [0.717, 1.165) is 0 Å². The second-order valence-electron chi connectivity index (χ2n) is 3.05. The highest BCUT2D eigenvalue weighted by Crippen LogP contribution is 2.36. The van der Waals surface area contributed by atoms with Gasteiger partial charge in [-0.25, -0.2) is 4.39 Å². The van der Waals surface area contributed by atoms with Crippen LogP contribution in [0.2, 0.25) is 5.02 Å². The molecule has 2 rings (SSSR count). The van der Waals surface area contributed by atoms with Crippen LogP contribution in [-0.4, -0.2) is 12.3 Å². The molecule has 4 nitrogen and oxygen atoms in total. The highest BCUT2D eigenvalue weighted by Gasteiger charge is 2.17. The molecule has 16 heavy (non-hydrogen) atoms. The molecule has 0 aliphatic heterocycles. The van der Waals surface area contributed by atoms with Gasteiger partial charge in [-0.3, -0.25) is 0 Å². The lowest BCUT2D eigenvalue weighted by atomic mass is 10.1. The van der Waals surface area contributed by atoms with E-state index in [4.69, 9.17) is 22.1 Å². The molecular weight excluding hydrogens is 235 g/mol. The predicted molar refractivity (Wildman–Crippen MR) is 57.9 cm³/mol. The monoisotopic (exact) mass is 242 g/mol. The lowest BCUT2D eigenvalue weighted by molar-refractivity contribution is 0.412. The maximum Gasteiger partial charge on any atom is 0.230 e. The second kappa shape index (κ2) is 4.02. The summed E-state index contributed by atoms with van der Waals surface area (Å²) in [5, 5.41) is 3.37. The maximum atomic E-state index is 13.9. The van der Waals surface area contributed by atoms with Gasteiger partial charge in [0.2, 0.25) is 5.88 Å². The number of ether oxygens (including phenoxy) is 1. The van der Waals surface area contributed by atoms with Crippen molar-refractivity contribution in [3.05, 3.63) is 29.2 Å². The first kappa shape index (κ1) is 10.8. The number of hydrogen-bond donors (Lipinski definition) is 1. The van der Waals surface area contributed by atoms with E-state index in [1.165, 1.54) is 19.4 Å². The molecule has 0 saturated heterocycles. The first-order valence-corrected chi connectivity index (χ1v) is 4.75. The Morgan fingerprint density at radius 2 is 2.19 bits per heavy atom. The van der Waals surface area contributed by atoms with Crippen molar-refractivity contribution in [2.45, 2.75) is 0 Å². The number of hydrogen-bond acceptors (Lipinski definition) is 4. The predicted octanol–water partition coefficient (Wildman–Crippen LogP) is 2.72. The first-order chi connectivity index (χ1) is 7.65. The van der Waals surface area contributed by atoms with Crippen molar-refractivity contribution in [3.63, 3.8) is 0 Å². The van der Waals surface area contributed by atoms with Crippen molar-refractivity contribution in [3.8, 4) is 16.9 Å². The van der Waals surface area contributed by atoms with E-state index in [1.54, 1.807) is 6.07 Å². The number of methoxy groups -OCH3 is 1. The van der Waals surface area contributed by atoms with E-state index >= 15 is 0 Å². The van der Waals surface area contributed by atoms with Crippen LogP contribution in [0.1, 0.15) is 0 Å². The van der Waals surface area contributed by atoms with Crippen LogP contribution in [0.5, 0.6) is 5.75 Å². The number of nitrogens with two attached hydrogens (primary N) is 1. The van der Waals surface area contributed by atoms with Crippen LogP contribution < -0.4 is 10.5 Å². The minimum atomic E-state index is -0.615. The fourth-order valence-corrected chi connectivity index (χ4v) is 1.59. The molecule has 1 aromatic carbocycles. The lowest BCUT2D eigenvalue weighted by Gasteiger charge is -2.07. The number of halogens is 2. The molecular formula is C10H8ClFN2O2. The van der Waals surface area contributed by atoms with Crippen LogP contribution in [-0.2, 0) is 0 Å². The molecule has 2 N–H and O–H groups in total. The number of nitrogen functional groups attached to an aromatic ring is 1. The van der Waals surface area contributed by atoms with Crippen molar-refractivity contribution < 1.29 is 13.7 Å². The highest BCUT2D eigenvalue weighted by atomic mass is 35.5. The van der Waals surface area contributed by atoms with Crippen molar-refractivity contribution in [2.24, 2.45) is 0 Å². The molecule has 0 saturated carbocycles. The van der Waals surface area contributed by atoms with E-state index in [9.17, 15) is 4.39 Å². The fourth-order valence-electron chi connectivity index (χ4n) is 1.35. The first-order valence-electron chi connectivity index (χ1n) is 4.37. The molecule has 0 unspecified atom stereocenters. The standard InChI is InChI=1S/C10H8ClFN2O2/c1-15-7-3-2-5(9(12)8(7)11)6-4-14-16-10(6)13/h2-4H,13H2,1H3. The van der Waals surface area contributed by atoms with E-state index in [2.05, 4.69) is 9.68 Å². The van der Waals surface area contributed by atoms with Crippen molar-refractivity contribution in [1.82, 2.24) is 5.16 Å². The van der Waals surface area contributed by atoms with Crippen LogP contribution in [0.25, 0.3) is 11.1 Å². The van der Waals surface area contributed by atoms with E-state index < -0.39 is 5.82 Å². The Morgan fingerprint density at radius 1 is 1.44 bits per heavy atom. The Bertz CT molecular complexity index is 528. The third-order valence-electron chi connectivity index (χ3n) is 2.16. The lowest BCUT2D eigenvalue weighted by Crippen LogP contribution is -1.92. The molecule has 1 heterocycles. The minimum Gasteiger partial charge on any atom is -0.495 e. The number of aromatic nitrogens is 1. The molecule has 0 atom stereocenters. The van der Waals surface area contributed by atoms with Crippen LogP contribution in [0, 0.1) is 5.82 Å². The zero-order valence-electron chi connectivity index (χ0n) is 8.33. The summed E-state index contributed by atoms with van der Waals surface area (Å²) < 4.78 is 23.4. The third kappa shape index (κ3) is 1.59. The van der Waals surface area contributed by atoms with Crippen LogP contribution in [0.15, 0.2) is 22.9 Å². The average Bonchev–Trinajstić information content (AvgIpc) is 2.69. The highest BCUT2D eigenvalue weighted by molar-refractivity contribution is 6.32. The third-order valence-corrected chi connectivity index (χ3v) is 2.51. The summed E-state index contributed by atoms with van der Waals surface area (Å²) in [6.45, 7) is 0. The number of benzene rings is 1. The van der Waals surface area contributed by atoms with Crippen molar-refractivity contribution >= 4 is 17.5 Å². The van der Waals surface area contributed by atoms with Gasteiger partial charge < -0.3 is 15.0 Å². The smallest absolute Gasteiger partial charge is 0.230 e. The van der Waals surface area contributed by atoms with Crippen LogP contribution >= 0.6 is 11.6 Å². The quantitative estimate of drug-likeness (QED) is 0.880. The molecule has 6 heteroatoms. The Balaban J connectivity index is 2.60. The fraction of sp³-hybridized carbons (Fsp3) is 0.100. The summed E-state index contributed by atoms with van der Waals surface area (Å²) in [5.41, 5.74) is 6.08. The summed E-state index contributed by atoms with van der Waals surface area (Å²) in [4.78, 5) is 0. The second-order valence-corrected chi connectivity index (χ2v) is 3.43. The molecule has 84 valence electrons. The summed E-state index contributed by atoms with van der Waals surface area (Å²) in [6.07, 6.45) is 1.33. The summed E-state index contributed by atoms with van der Waals surface area (Å²) in [7, 11) is 1.41. The molecule has 0 aliphatic rings. The molecule has 0 fully saturated rings. The van der Waals surface area contributed by atoms with Gasteiger partial charge in [0.25, 0.3) is 0 Å². The van der Waals surface area contributed by atoms with Gasteiger partial charge in [0, 0.05) is 5.56 Å². The maximum absolute atomic E-state index is 13.9. The van der Waals surface area contributed by atoms with Gasteiger partial charge in [-0.1, -0.05) is 16.8 Å². The van der Waals surface area contributed by atoms with E-state index in [0.29, 0.717) is 5.56 Å². The van der Waals surface area contributed by atoms with Gasteiger partial charge in [-0.15, -0.1) is 0 Å². The Kier molecular flexibility index (Phi) is 2.70. The topological polar surface area (TPSA) is 61.3 Å². The van der Waals surface area contributed by atoms with Gasteiger partial charge in [-0.05, 0) is 12.1 Å². The minimum absolute atomic E-state index is 0.0418. The van der Waals surface area contributed by atoms with Crippen LogP contribution in [0.4, 0.5) is 10.3 Å². The Labute approximate surface area is 95.7 Å². The normalized spacial score (nSPS) is 10.4.